The third-order valence-electron chi connectivity index (χ3n) is 7.15. The number of fused-ring (bicyclic) bond motifs is 3. The van der Waals surface area contributed by atoms with Gasteiger partial charge in [0.1, 0.15) is 31.9 Å². The number of unbranched alkanes of at least 4 members (excludes halogenated alkanes) is 3. The molecule has 13 heteroatoms. The lowest BCUT2D eigenvalue weighted by Gasteiger charge is -2.19. The normalized spacial score (nSPS) is 13.6. The average molecular weight is 696 g/mol. The standard InChI is InChI=1S/C32H46ClN3O6S2Si/c1-32(2,3)42-30(37)23(22-34)19-24-20-25-28(43-24)29-26(45(25,5)6)21-27(44-29)36(4)13-16-41-31(38)35-12-15-40-18-17-39-14-10-8-7-9-11-33/h19-21H,7-18H2,1-6H3,(H,35,38)/b23-19+. The van der Waals surface area contributed by atoms with E-state index >= 15 is 0 Å². The highest BCUT2D eigenvalue weighted by Gasteiger charge is 2.41. The number of nitriles is 1. The zero-order chi connectivity index (χ0) is 33.0. The number of amides is 1. The van der Waals surface area contributed by atoms with Crippen LogP contribution in [-0.4, -0.2) is 84.8 Å². The van der Waals surface area contributed by atoms with Crippen molar-refractivity contribution in [2.45, 2.75) is 65.1 Å². The fourth-order valence-electron chi connectivity index (χ4n) is 4.71. The van der Waals surface area contributed by atoms with Gasteiger partial charge in [0.2, 0.25) is 0 Å². The lowest BCUT2D eigenvalue weighted by molar-refractivity contribution is -0.149. The number of nitrogens with zero attached hydrogens (tertiary/aromatic N) is 2. The number of halogens is 1. The number of anilines is 1. The molecule has 3 heterocycles. The summed E-state index contributed by atoms with van der Waals surface area (Å²) >= 11 is 9.00. The Morgan fingerprint density at radius 1 is 1.00 bits per heavy atom. The van der Waals surface area contributed by atoms with Gasteiger partial charge >= 0.3 is 12.1 Å². The van der Waals surface area contributed by atoms with Gasteiger partial charge in [0.25, 0.3) is 0 Å². The number of thiophene rings is 2. The molecule has 0 saturated carbocycles. The highest BCUT2D eigenvalue weighted by atomic mass is 35.5. The SMILES string of the molecule is CN(CCOC(=O)NCCOCCOCCCCCCCl)c1cc2c(s1)-c1sc(/C=C(\C#N)C(=O)OC(C)(C)C)cc1[Si]2(C)C. The van der Waals surface area contributed by atoms with Crippen LogP contribution in [0.5, 0.6) is 0 Å². The number of ether oxygens (including phenoxy) is 4. The van der Waals surface area contributed by atoms with Gasteiger partial charge in [-0.15, -0.1) is 34.3 Å². The van der Waals surface area contributed by atoms with Crippen LogP contribution in [0, 0.1) is 11.3 Å². The molecule has 1 aliphatic rings. The Bertz CT molecular complexity index is 1360. The smallest absolute Gasteiger partial charge is 0.407 e. The van der Waals surface area contributed by atoms with E-state index in [1.54, 1.807) is 49.5 Å². The summed E-state index contributed by atoms with van der Waals surface area (Å²) in [6.45, 7) is 13.3. The number of esters is 1. The second-order valence-electron chi connectivity index (χ2n) is 12.3. The second-order valence-corrected chi connectivity index (χ2v) is 19.1. The number of alkyl carbamates (subject to hydrolysis) is 1. The summed E-state index contributed by atoms with van der Waals surface area (Å²) in [7, 11) is 0.0432. The van der Waals surface area contributed by atoms with Crippen LogP contribution in [0.2, 0.25) is 13.1 Å². The lowest BCUT2D eigenvalue weighted by atomic mass is 10.2. The Hall–Kier alpha value is -2.40. The zero-order valence-electron chi connectivity index (χ0n) is 27.3. The van der Waals surface area contributed by atoms with Crippen LogP contribution in [0.15, 0.2) is 17.7 Å². The number of alkyl halides is 1. The minimum Gasteiger partial charge on any atom is -0.456 e. The Morgan fingerprint density at radius 3 is 2.36 bits per heavy atom. The molecule has 0 saturated heterocycles. The van der Waals surface area contributed by atoms with E-state index in [2.05, 4.69) is 35.4 Å². The number of rotatable bonds is 18. The van der Waals surface area contributed by atoms with Crippen LogP contribution in [-0.2, 0) is 23.7 Å². The maximum absolute atomic E-state index is 12.5. The van der Waals surface area contributed by atoms with Gasteiger partial charge in [-0.1, -0.05) is 25.9 Å². The molecule has 0 atom stereocenters. The van der Waals surface area contributed by atoms with E-state index in [0.717, 1.165) is 48.0 Å². The molecule has 0 aliphatic carbocycles. The number of hydrogen-bond acceptors (Lipinski definition) is 10. The number of hydrogen-bond donors (Lipinski definition) is 1. The minimum absolute atomic E-state index is 0.00187. The Morgan fingerprint density at radius 2 is 1.67 bits per heavy atom. The fourth-order valence-corrected chi connectivity index (χ4v) is 12.0. The van der Waals surface area contributed by atoms with Crippen LogP contribution in [0.4, 0.5) is 9.80 Å². The number of likely N-dealkylation sites (N-methyl/N-ethyl adjacent to an activating group) is 1. The Kier molecular flexibility index (Phi) is 14.4. The molecular formula is C32H46ClN3O6S2Si. The number of carbonyl (C=O) groups is 2. The van der Waals surface area contributed by atoms with E-state index in [0.29, 0.717) is 32.9 Å². The first-order chi connectivity index (χ1) is 21.4. The summed E-state index contributed by atoms with van der Waals surface area (Å²) < 4.78 is 21.8. The summed E-state index contributed by atoms with van der Waals surface area (Å²) in [5.41, 5.74) is -0.671. The largest absolute Gasteiger partial charge is 0.456 e. The first-order valence-corrected chi connectivity index (χ1v) is 20.5. The zero-order valence-corrected chi connectivity index (χ0v) is 30.6. The van der Waals surface area contributed by atoms with Crippen molar-refractivity contribution in [3.05, 3.63) is 22.6 Å². The third-order valence-corrected chi connectivity index (χ3v) is 13.8. The fraction of sp³-hybridized carbons (Fsp3) is 0.594. The summed E-state index contributed by atoms with van der Waals surface area (Å²) in [6.07, 6.45) is 5.53. The van der Waals surface area contributed by atoms with Crippen molar-refractivity contribution in [3.63, 3.8) is 0 Å². The number of nitrogens with one attached hydrogen (secondary N) is 1. The van der Waals surface area contributed by atoms with E-state index in [1.807, 2.05) is 13.1 Å². The third kappa shape index (κ3) is 11.1. The van der Waals surface area contributed by atoms with Crippen molar-refractivity contribution in [2.24, 2.45) is 0 Å². The molecule has 1 amide bonds. The van der Waals surface area contributed by atoms with E-state index in [1.165, 1.54) is 20.1 Å². The molecule has 45 heavy (non-hydrogen) atoms. The van der Waals surface area contributed by atoms with Crippen LogP contribution < -0.4 is 20.6 Å². The molecular weight excluding hydrogens is 650 g/mol. The van der Waals surface area contributed by atoms with Gasteiger partial charge in [-0.2, -0.15) is 5.26 Å². The van der Waals surface area contributed by atoms with Gasteiger partial charge in [0.05, 0.1) is 31.4 Å². The van der Waals surface area contributed by atoms with E-state index < -0.39 is 25.7 Å². The molecule has 0 fully saturated rings. The van der Waals surface area contributed by atoms with Crippen molar-refractivity contribution >= 4 is 75.9 Å². The highest BCUT2D eigenvalue weighted by molar-refractivity contribution is 7.30. The first-order valence-electron chi connectivity index (χ1n) is 15.3. The van der Waals surface area contributed by atoms with Gasteiger partial charge in [0.15, 0.2) is 0 Å². The monoisotopic (exact) mass is 695 g/mol. The molecule has 2 aromatic heterocycles. The van der Waals surface area contributed by atoms with Gasteiger partial charge in [0, 0.05) is 40.7 Å². The van der Waals surface area contributed by atoms with Crippen LogP contribution >= 0.6 is 34.3 Å². The molecule has 0 bridgehead atoms. The topological polar surface area (TPSA) is 110 Å². The Labute approximate surface area is 281 Å². The van der Waals surface area contributed by atoms with Crippen LogP contribution in [0.3, 0.4) is 0 Å². The summed E-state index contributed by atoms with van der Waals surface area (Å²) in [6, 6.07) is 6.39. The maximum atomic E-state index is 12.5. The van der Waals surface area contributed by atoms with Crippen molar-refractivity contribution in [1.29, 1.82) is 5.26 Å². The molecule has 0 aromatic carbocycles. The van der Waals surface area contributed by atoms with Gasteiger partial charge < -0.3 is 29.2 Å². The second kappa shape index (κ2) is 17.5. The molecule has 248 valence electrons. The highest BCUT2D eigenvalue weighted by Crippen LogP contribution is 2.42. The van der Waals surface area contributed by atoms with E-state index in [9.17, 15) is 14.9 Å². The molecule has 9 nitrogen and oxygen atoms in total. The van der Waals surface area contributed by atoms with Crippen molar-refractivity contribution < 1.29 is 28.5 Å². The molecule has 0 radical (unpaired) electrons. The predicted octanol–water partition coefficient (Wildman–Crippen LogP) is 5.86. The van der Waals surface area contributed by atoms with Crippen molar-refractivity contribution in [2.75, 3.05) is 64.0 Å². The maximum Gasteiger partial charge on any atom is 0.407 e. The Balaban J connectivity index is 1.43. The molecule has 3 rings (SSSR count). The van der Waals surface area contributed by atoms with E-state index in [-0.39, 0.29) is 12.2 Å². The van der Waals surface area contributed by atoms with Gasteiger partial charge in [-0.3, -0.25) is 0 Å². The molecule has 1 aliphatic heterocycles. The first kappa shape index (κ1) is 37.1. The quantitative estimate of drug-likeness (QED) is 0.0516. The van der Waals surface area contributed by atoms with Crippen LogP contribution in [0.1, 0.15) is 51.3 Å². The summed E-state index contributed by atoms with van der Waals surface area (Å²) in [4.78, 5) is 30.0. The van der Waals surface area contributed by atoms with Crippen molar-refractivity contribution in [3.8, 4) is 15.8 Å². The molecule has 2 aromatic rings. The van der Waals surface area contributed by atoms with E-state index in [4.69, 9.17) is 30.5 Å². The van der Waals surface area contributed by atoms with Crippen molar-refractivity contribution in [1.82, 2.24) is 5.32 Å². The summed E-state index contributed by atoms with van der Waals surface area (Å²) in [5.74, 6) is 0.108. The van der Waals surface area contributed by atoms with Gasteiger partial charge in [-0.05, 0) is 62.2 Å². The predicted molar refractivity (Wildman–Crippen MR) is 187 cm³/mol. The van der Waals surface area contributed by atoms with Crippen LogP contribution in [0.25, 0.3) is 15.8 Å². The molecule has 1 N–H and O–H groups in total. The number of carbonyl (C=O) groups excluding carboxylic acids is 2. The van der Waals surface area contributed by atoms with Gasteiger partial charge in [-0.25, -0.2) is 9.59 Å². The minimum atomic E-state index is -1.95. The average Bonchev–Trinajstić information content (AvgIpc) is 3.65. The lowest BCUT2D eigenvalue weighted by Crippen LogP contribution is -2.48. The summed E-state index contributed by atoms with van der Waals surface area (Å²) in [5, 5.41) is 16.1. The molecule has 0 spiro atoms. The molecule has 0 unspecified atom stereocenters.